The summed E-state index contributed by atoms with van der Waals surface area (Å²) < 4.78 is 0. The maximum absolute atomic E-state index is 11.9. The predicted octanol–water partition coefficient (Wildman–Crippen LogP) is 1.40. The van der Waals surface area contributed by atoms with Crippen LogP contribution in [-0.2, 0) is 4.79 Å². The zero-order valence-electron chi connectivity index (χ0n) is 9.37. The molecule has 2 rings (SSSR count). The first kappa shape index (κ1) is 13.1. The Morgan fingerprint density at radius 1 is 1.44 bits per heavy atom. The van der Waals surface area contributed by atoms with Crippen molar-refractivity contribution in [2.45, 2.75) is 18.9 Å². The van der Waals surface area contributed by atoms with E-state index in [1.54, 1.807) is 0 Å². The Bertz CT molecular complexity index is 483. The minimum atomic E-state index is -0.315. The van der Waals surface area contributed by atoms with E-state index in [-0.39, 0.29) is 33.7 Å². The minimum absolute atomic E-state index is 0.00620. The van der Waals surface area contributed by atoms with E-state index in [0.717, 1.165) is 0 Å². The van der Waals surface area contributed by atoms with Crippen molar-refractivity contribution >= 4 is 35.0 Å². The summed E-state index contributed by atoms with van der Waals surface area (Å²) in [6.45, 7) is 0.434. The second kappa shape index (κ2) is 5.54. The first-order valence-electron chi connectivity index (χ1n) is 5.46. The van der Waals surface area contributed by atoms with Gasteiger partial charge in [0.15, 0.2) is 0 Å². The van der Waals surface area contributed by atoms with Gasteiger partial charge in [0.1, 0.15) is 10.3 Å². The molecular formula is C11H11Cl2N3O2. The second-order valence-corrected chi connectivity index (χ2v) is 4.73. The van der Waals surface area contributed by atoms with Crippen molar-refractivity contribution in [1.29, 1.82) is 0 Å². The monoisotopic (exact) mass is 287 g/mol. The third kappa shape index (κ3) is 3.11. The molecule has 0 radical (unpaired) electrons. The van der Waals surface area contributed by atoms with E-state index < -0.39 is 0 Å². The van der Waals surface area contributed by atoms with Crippen LogP contribution in [0, 0.1) is 0 Å². The number of nitrogens with zero attached hydrogens (tertiary/aromatic N) is 1. The maximum Gasteiger partial charge on any atom is 0.254 e. The van der Waals surface area contributed by atoms with E-state index in [9.17, 15) is 9.59 Å². The van der Waals surface area contributed by atoms with E-state index in [1.807, 2.05) is 0 Å². The summed E-state index contributed by atoms with van der Waals surface area (Å²) in [6, 6.07) is 2.95. The topological polar surface area (TPSA) is 71.1 Å². The molecule has 5 nitrogen and oxygen atoms in total. The van der Waals surface area contributed by atoms with Crippen molar-refractivity contribution in [2.24, 2.45) is 0 Å². The molecule has 96 valence electrons. The zero-order chi connectivity index (χ0) is 13.1. The van der Waals surface area contributed by atoms with E-state index >= 15 is 0 Å². The quantitative estimate of drug-likeness (QED) is 0.808. The molecule has 1 saturated heterocycles. The van der Waals surface area contributed by atoms with Crippen LogP contribution in [-0.4, -0.2) is 29.4 Å². The normalized spacial score (nSPS) is 19.2. The van der Waals surface area contributed by atoms with Crippen molar-refractivity contribution in [1.82, 2.24) is 15.6 Å². The molecule has 1 atom stereocenters. The van der Waals surface area contributed by atoms with E-state index in [2.05, 4.69) is 15.6 Å². The van der Waals surface area contributed by atoms with Gasteiger partial charge < -0.3 is 10.6 Å². The lowest BCUT2D eigenvalue weighted by Crippen LogP contribution is -2.47. The van der Waals surface area contributed by atoms with Gasteiger partial charge >= 0.3 is 0 Å². The predicted molar refractivity (Wildman–Crippen MR) is 67.8 cm³/mol. The molecule has 7 heteroatoms. The molecule has 2 amide bonds. The molecule has 1 aliphatic heterocycles. The Balaban J connectivity index is 2.01. The smallest absolute Gasteiger partial charge is 0.254 e. The number of amides is 2. The summed E-state index contributed by atoms with van der Waals surface area (Å²) in [4.78, 5) is 26.7. The van der Waals surface area contributed by atoms with Gasteiger partial charge in [-0.05, 0) is 18.6 Å². The highest BCUT2D eigenvalue weighted by atomic mass is 35.5. The number of hydrogen-bond donors (Lipinski definition) is 2. The standard InChI is InChI=1S/C11H11Cl2N3O2/c12-8-3-2-7(10(13)16-8)11(18)15-6-1-4-9(17)14-5-6/h2-3,6H,1,4-5H2,(H,14,17)(H,15,18). The van der Waals surface area contributed by atoms with Gasteiger partial charge in [0.05, 0.1) is 5.56 Å². The third-order valence-corrected chi connectivity index (χ3v) is 3.16. The fraction of sp³-hybridized carbons (Fsp3) is 0.364. The van der Waals surface area contributed by atoms with Crippen molar-refractivity contribution in [2.75, 3.05) is 6.54 Å². The van der Waals surface area contributed by atoms with Gasteiger partial charge in [0.2, 0.25) is 5.91 Å². The van der Waals surface area contributed by atoms with Crippen LogP contribution < -0.4 is 10.6 Å². The van der Waals surface area contributed by atoms with E-state index in [1.165, 1.54) is 12.1 Å². The Morgan fingerprint density at radius 2 is 2.22 bits per heavy atom. The average molecular weight is 288 g/mol. The van der Waals surface area contributed by atoms with E-state index in [0.29, 0.717) is 19.4 Å². The van der Waals surface area contributed by atoms with Gasteiger partial charge in [-0.15, -0.1) is 0 Å². The van der Waals surface area contributed by atoms with Crippen molar-refractivity contribution in [3.05, 3.63) is 28.0 Å². The lowest BCUT2D eigenvalue weighted by Gasteiger charge is -2.23. The largest absolute Gasteiger partial charge is 0.354 e. The van der Waals surface area contributed by atoms with Crippen LogP contribution in [0.25, 0.3) is 0 Å². The number of pyridine rings is 1. The number of halogens is 2. The molecule has 0 saturated carbocycles. The van der Waals surface area contributed by atoms with Crippen LogP contribution in [0.3, 0.4) is 0 Å². The molecule has 0 aromatic carbocycles. The molecule has 1 unspecified atom stereocenters. The highest BCUT2D eigenvalue weighted by molar-refractivity contribution is 6.34. The van der Waals surface area contributed by atoms with Gasteiger partial charge in [0, 0.05) is 19.0 Å². The van der Waals surface area contributed by atoms with Gasteiger partial charge in [-0.3, -0.25) is 9.59 Å². The zero-order valence-corrected chi connectivity index (χ0v) is 10.9. The van der Waals surface area contributed by atoms with Crippen LogP contribution in [0.1, 0.15) is 23.2 Å². The van der Waals surface area contributed by atoms with Gasteiger partial charge in [-0.1, -0.05) is 23.2 Å². The first-order valence-corrected chi connectivity index (χ1v) is 6.21. The Morgan fingerprint density at radius 3 is 2.83 bits per heavy atom. The number of aromatic nitrogens is 1. The highest BCUT2D eigenvalue weighted by Gasteiger charge is 2.21. The summed E-state index contributed by atoms with van der Waals surface area (Å²) in [5.74, 6) is -0.308. The molecule has 1 aromatic rings. The summed E-state index contributed by atoms with van der Waals surface area (Å²) in [7, 11) is 0. The average Bonchev–Trinajstić information content (AvgIpc) is 2.32. The summed E-state index contributed by atoms with van der Waals surface area (Å²) >= 11 is 11.5. The minimum Gasteiger partial charge on any atom is -0.354 e. The lowest BCUT2D eigenvalue weighted by atomic mass is 10.1. The van der Waals surface area contributed by atoms with Crippen LogP contribution in [0.2, 0.25) is 10.3 Å². The summed E-state index contributed by atoms with van der Waals surface area (Å²) in [6.07, 6.45) is 1.04. The number of rotatable bonds is 2. The number of carbonyl (C=O) groups excluding carboxylic acids is 2. The number of piperidine rings is 1. The maximum atomic E-state index is 11.9. The molecule has 2 heterocycles. The molecule has 2 N–H and O–H groups in total. The Hall–Kier alpha value is -1.33. The van der Waals surface area contributed by atoms with Crippen molar-refractivity contribution < 1.29 is 9.59 Å². The molecule has 0 spiro atoms. The molecule has 0 aliphatic carbocycles. The molecule has 1 aromatic heterocycles. The summed E-state index contributed by atoms with van der Waals surface area (Å²) in [5, 5.41) is 5.79. The SMILES string of the molecule is O=C1CCC(NC(=O)c2ccc(Cl)nc2Cl)CN1. The molecule has 1 aliphatic rings. The van der Waals surface area contributed by atoms with Crippen molar-refractivity contribution in [3.63, 3.8) is 0 Å². The van der Waals surface area contributed by atoms with Crippen LogP contribution in [0.15, 0.2) is 12.1 Å². The summed E-state index contributed by atoms with van der Waals surface area (Å²) in [5.41, 5.74) is 0.276. The fourth-order valence-corrected chi connectivity index (χ4v) is 2.13. The highest BCUT2D eigenvalue weighted by Crippen LogP contribution is 2.17. The van der Waals surface area contributed by atoms with E-state index in [4.69, 9.17) is 23.2 Å². The third-order valence-electron chi connectivity index (χ3n) is 2.66. The van der Waals surface area contributed by atoms with Gasteiger partial charge in [0.25, 0.3) is 5.91 Å². The number of carbonyl (C=O) groups is 2. The molecule has 18 heavy (non-hydrogen) atoms. The van der Waals surface area contributed by atoms with Crippen molar-refractivity contribution in [3.8, 4) is 0 Å². The van der Waals surface area contributed by atoms with Gasteiger partial charge in [-0.25, -0.2) is 4.98 Å². The first-order chi connectivity index (χ1) is 8.56. The van der Waals surface area contributed by atoms with Crippen LogP contribution >= 0.6 is 23.2 Å². The number of nitrogens with one attached hydrogen (secondary N) is 2. The van der Waals surface area contributed by atoms with Crippen LogP contribution in [0.5, 0.6) is 0 Å². The molecule has 1 fully saturated rings. The lowest BCUT2D eigenvalue weighted by molar-refractivity contribution is -0.122. The second-order valence-electron chi connectivity index (χ2n) is 3.99. The molecule has 0 bridgehead atoms. The van der Waals surface area contributed by atoms with Gasteiger partial charge in [-0.2, -0.15) is 0 Å². The molecular weight excluding hydrogens is 277 g/mol. The Labute approximate surface area is 114 Å². The Kier molecular flexibility index (Phi) is 4.04. The van der Waals surface area contributed by atoms with Crippen LogP contribution in [0.4, 0.5) is 0 Å². The number of hydrogen-bond acceptors (Lipinski definition) is 3. The fourth-order valence-electron chi connectivity index (χ4n) is 1.70.